The van der Waals surface area contributed by atoms with Gasteiger partial charge in [0.05, 0.1) is 13.1 Å². The summed E-state index contributed by atoms with van der Waals surface area (Å²) in [7, 11) is 0. The molecule has 0 saturated carbocycles. The molecule has 2 atom stereocenters. The van der Waals surface area contributed by atoms with Crippen LogP contribution < -0.4 is 5.73 Å². The fraction of sp³-hybridized carbons (Fsp3) is 0.375. The molecule has 4 nitrogen and oxygen atoms in total. The Kier molecular flexibility index (Phi) is 4.39. The summed E-state index contributed by atoms with van der Waals surface area (Å²) in [4.78, 5) is 25.4. The predicted octanol–water partition coefficient (Wildman–Crippen LogP) is 1.28. The lowest BCUT2D eigenvalue weighted by Gasteiger charge is -2.15. The molecule has 2 N–H and O–H groups in total. The summed E-state index contributed by atoms with van der Waals surface area (Å²) in [5.41, 5.74) is 6.41. The van der Waals surface area contributed by atoms with Crippen molar-refractivity contribution in [1.29, 1.82) is 0 Å². The Morgan fingerprint density at radius 1 is 1.24 bits per heavy atom. The van der Waals surface area contributed by atoms with Crippen molar-refractivity contribution in [2.75, 3.05) is 6.54 Å². The lowest BCUT2D eigenvalue weighted by molar-refractivity contribution is -0.140. The molecule has 21 heavy (non-hydrogen) atoms. The van der Waals surface area contributed by atoms with Gasteiger partial charge in [-0.1, -0.05) is 31.8 Å². The third-order valence-electron chi connectivity index (χ3n) is 3.79. The molecule has 110 valence electrons. The van der Waals surface area contributed by atoms with E-state index in [0.717, 1.165) is 0 Å². The fourth-order valence-corrected chi connectivity index (χ4v) is 2.30. The van der Waals surface area contributed by atoms with Gasteiger partial charge < -0.3 is 5.73 Å². The lowest BCUT2D eigenvalue weighted by atomic mass is 10.00. The second-order valence-electron chi connectivity index (χ2n) is 5.15. The predicted molar refractivity (Wildman–Crippen MR) is 76.2 cm³/mol. The van der Waals surface area contributed by atoms with Crippen LogP contribution in [0.4, 0.5) is 4.39 Å². The van der Waals surface area contributed by atoms with Crippen molar-refractivity contribution < 1.29 is 14.0 Å². The van der Waals surface area contributed by atoms with E-state index in [2.05, 4.69) is 11.8 Å². The molecule has 0 bridgehead atoms. The highest BCUT2D eigenvalue weighted by Crippen LogP contribution is 2.27. The Morgan fingerprint density at radius 2 is 1.86 bits per heavy atom. The molecule has 1 fully saturated rings. The summed E-state index contributed by atoms with van der Waals surface area (Å²) in [6.45, 7) is 3.75. The standard InChI is InChI=1S/C16H17FN2O2/c1-10-11(2)16(21)19(15(10)20)9-13-5-6-14(17)8-12(13)4-3-7-18/h5-6,8,10-11H,7,9,18H2,1-2H3. The van der Waals surface area contributed by atoms with Gasteiger partial charge in [0.25, 0.3) is 0 Å². The average molecular weight is 288 g/mol. The van der Waals surface area contributed by atoms with Crippen LogP contribution in [0.2, 0.25) is 0 Å². The summed E-state index contributed by atoms with van der Waals surface area (Å²) in [5, 5.41) is 0. The van der Waals surface area contributed by atoms with Crippen LogP contribution in [0.1, 0.15) is 25.0 Å². The maximum Gasteiger partial charge on any atom is 0.233 e. The lowest BCUT2D eigenvalue weighted by Crippen LogP contribution is -2.30. The van der Waals surface area contributed by atoms with E-state index >= 15 is 0 Å². The molecule has 5 heteroatoms. The molecule has 2 unspecified atom stereocenters. The van der Waals surface area contributed by atoms with Crippen molar-refractivity contribution in [3.05, 3.63) is 35.1 Å². The van der Waals surface area contributed by atoms with E-state index in [1.54, 1.807) is 19.9 Å². The van der Waals surface area contributed by atoms with E-state index in [0.29, 0.717) is 11.1 Å². The highest BCUT2D eigenvalue weighted by Gasteiger charge is 2.42. The number of benzene rings is 1. The molecular formula is C16H17FN2O2. The van der Waals surface area contributed by atoms with Gasteiger partial charge in [0.2, 0.25) is 11.8 Å². The first-order valence-corrected chi connectivity index (χ1v) is 6.78. The van der Waals surface area contributed by atoms with Crippen molar-refractivity contribution in [1.82, 2.24) is 4.90 Å². The SMILES string of the molecule is CC1C(=O)N(Cc2ccc(F)cc2C#CCN)C(=O)C1C. The first-order chi connectivity index (χ1) is 9.95. The zero-order valence-electron chi connectivity index (χ0n) is 12.0. The summed E-state index contributed by atoms with van der Waals surface area (Å²) in [6.07, 6.45) is 0. The average Bonchev–Trinajstić information content (AvgIpc) is 2.65. The molecule has 1 aliphatic heterocycles. The smallest absolute Gasteiger partial charge is 0.233 e. The van der Waals surface area contributed by atoms with Crippen LogP contribution in [0.15, 0.2) is 18.2 Å². The first-order valence-electron chi connectivity index (χ1n) is 6.78. The summed E-state index contributed by atoms with van der Waals surface area (Å²) < 4.78 is 13.3. The van der Waals surface area contributed by atoms with Crippen molar-refractivity contribution in [2.24, 2.45) is 17.6 Å². The number of halogens is 1. The number of nitrogens with two attached hydrogens (primary N) is 1. The third kappa shape index (κ3) is 2.96. The molecule has 1 heterocycles. The number of carbonyl (C=O) groups is 2. The second kappa shape index (κ2) is 6.06. The molecular weight excluding hydrogens is 271 g/mol. The van der Waals surface area contributed by atoms with Crippen LogP contribution in [0.5, 0.6) is 0 Å². The minimum atomic E-state index is -0.416. The van der Waals surface area contributed by atoms with Gasteiger partial charge in [0.15, 0.2) is 0 Å². The number of rotatable bonds is 2. The molecule has 2 rings (SSSR count). The monoisotopic (exact) mass is 288 g/mol. The molecule has 1 aromatic rings. The quantitative estimate of drug-likeness (QED) is 0.658. The number of hydrogen-bond acceptors (Lipinski definition) is 3. The molecule has 1 saturated heterocycles. The Bertz CT molecular complexity index is 625. The van der Waals surface area contributed by atoms with E-state index in [9.17, 15) is 14.0 Å². The number of carbonyl (C=O) groups excluding carboxylic acids is 2. The van der Waals surface area contributed by atoms with Crippen LogP contribution in [-0.4, -0.2) is 23.3 Å². The maximum absolute atomic E-state index is 13.3. The number of imide groups is 1. The van der Waals surface area contributed by atoms with E-state index < -0.39 is 5.82 Å². The summed E-state index contributed by atoms with van der Waals surface area (Å²) >= 11 is 0. The van der Waals surface area contributed by atoms with Gasteiger partial charge >= 0.3 is 0 Å². The Balaban J connectivity index is 2.32. The maximum atomic E-state index is 13.3. The Labute approximate surface area is 123 Å². The van der Waals surface area contributed by atoms with Crippen molar-refractivity contribution >= 4 is 11.8 Å². The summed E-state index contributed by atoms with van der Waals surface area (Å²) in [5.74, 6) is 3.98. The molecule has 0 aliphatic carbocycles. The van der Waals surface area contributed by atoms with E-state index in [1.165, 1.54) is 17.0 Å². The van der Waals surface area contributed by atoms with Gasteiger partial charge in [-0.2, -0.15) is 0 Å². The molecule has 0 spiro atoms. The fourth-order valence-electron chi connectivity index (χ4n) is 2.30. The topological polar surface area (TPSA) is 63.4 Å². The number of nitrogens with zero attached hydrogens (tertiary/aromatic N) is 1. The second-order valence-corrected chi connectivity index (χ2v) is 5.15. The van der Waals surface area contributed by atoms with Gasteiger partial charge in [0, 0.05) is 17.4 Å². The Hall–Kier alpha value is -2.19. The van der Waals surface area contributed by atoms with Crippen molar-refractivity contribution in [3.63, 3.8) is 0 Å². The highest BCUT2D eigenvalue weighted by molar-refractivity contribution is 6.04. The molecule has 0 aromatic heterocycles. The van der Waals surface area contributed by atoms with E-state index in [1.807, 2.05) is 0 Å². The summed E-state index contributed by atoms with van der Waals surface area (Å²) in [6, 6.07) is 4.13. The molecule has 2 amide bonds. The normalized spacial score (nSPS) is 21.4. The number of likely N-dealkylation sites (tertiary alicyclic amines) is 1. The van der Waals surface area contributed by atoms with Crippen LogP contribution >= 0.6 is 0 Å². The third-order valence-corrected chi connectivity index (χ3v) is 3.79. The molecule has 0 radical (unpaired) electrons. The highest BCUT2D eigenvalue weighted by atomic mass is 19.1. The van der Waals surface area contributed by atoms with Gasteiger partial charge in [0.1, 0.15) is 5.82 Å². The van der Waals surface area contributed by atoms with Crippen LogP contribution in [0.25, 0.3) is 0 Å². The van der Waals surface area contributed by atoms with Gasteiger partial charge in [-0.15, -0.1) is 0 Å². The minimum Gasteiger partial charge on any atom is -0.320 e. The van der Waals surface area contributed by atoms with Gasteiger partial charge in [-0.05, 0) is 17.7 Å². The molecule has 1 aromatic carbocycles. The minimum absolute atomic E-state index is 0.112. The van der Waals surface area contributed by atoms with Crippen molar-refractivity contribution in [3.8, 4) is 11.8 Å². The van der Waals surface area contributed by atoms with Crippen LogP contribution in [-0.2, 0) is 16.1 Å². The Morgan fingerprint density at radius 3 is 2.43 bits per heavy atom. The van der Waals surface area contributed by atoms with Crippen molar-refractivity contribution in [2.45, 2.75) is 20.4 Å². The van der Waals surface area contributed by atoms with Gasteiger partial charge in [-0.3, -0.25) is 14.5 Å². The van der Waals surface area contributed by atoms with Gasteiger partial charge in [-0.25, -0.2) is 4.39 Å². The molecule has 1 aliphatic rings. The number of hydrogen-bond donors (Lipinski definition) is 1. The number of amides is 2. The zero-order chi connectivity index (χ0) is 15.6. The first kappa shape index (κ1) is 15.2. The van der Waals surface area contributed by atoms with Crippen LogP contribution in [0, 0.1) is 29.5 Å². The zero-order valence-corrected chi connectivity index (χ0v) is 12.0. The largest absolute Gasteiger partial charge is 0.320 e. The van der Waals surface area contributed by atoms with Crippen LogP contribution in [0.3, 0.4) is 0 Å². The van der Waals surface area contributed by atoms with E-state index in [-0.39, 0.29) is 36.7 Å². The van der Waals surface area contributed by atoms with E-state index in [4.69, 9.17) is 5.73 Å².